The lowest BCUT2D eigenvalue weighted by atomic mass is 10.1. The second-order valence-corrected chi connectivity index (χ2v) is 5.48. The molecule has 1 aliphatic heterocycles. The van der Waals surface area contributed by atoms with Gasteiger partial charge in [-0.2, -0.15) is 0 Å². The number of aryl methyl sites for hydroxylation is 2. The second-order valence-electron chi connectivity index (χ2n) is 5.48. The van der Waals surface area contributed by atoms with E-state index in [0.717, 1.165) is 16.8 Å². The first-order valence-electron chi connectivity index (χ1n) is 7.17. The van der Waals surface area contributed by atoms with E-state index in [1.165, 1.54) is 0 Å². The predicted molar refractivity (Wildman–Crippen MR) is 81.3 cm³/mol. The van der Waals surface area contributed by atoms with Crippen LogP contribution < -0.4 is 10.2 Å². The first kappa shape index (κ1) is 15.5. The number of hydrogen-bond donors (Lipinski definition) is 1. The van der Waals surface area contributed by atoms with Gasteiger partial charge in [0.25, 0.3) is 0 Å². The van der Waals surface area contributed by atoms with Gasteiger partial charge >= 0.3 is 0 Å². The zero-order valence-corrected chi connectivity index (χ0v) is 12.8. The topological polar surface area (TPSA) is 58.6 Å². The predicted octanol–water partition coefficient (Wildman–Crippen LogP) is 1.42. The molecule has 1 aromatic rings. The third kappa shape index (κ3) is 3.61. The van der Waals surface area contributed by atoms with E-state index in [9.17, 15) is 9.59 Å². The molecule has 114 valence electrons. The highest BCUT2D eigenvalue weighted by Crippen LogP contribution is 2.28. The van der Waals surface area contributed by atoms with E-state index in [1.807, 2.05) is 26.0 Å². The van der Waals surface area contributed by atoms with Crippen molar-refractivity contribution in [3.05, 3.63) is 29.3 Å². The van der Waals surface area contributed by atoms with Crippen molar-refractivity contribution < 1.29 is 14.3 Å². The van der Waals surface area contributed by atoms with Crippen LogP contribution in [0.25, 0.3) is 0 Å². The number of benzene rings is 1. The fraction of sp³-hybridized carbons (Fsp3) is 0.500. The molecule has 2 amide bonds. The van der Waals surface area contributed by atoms with E-state index in [1.54, 1.807) is 12.0 Å². The van der Waals surface area contributed by atoms with Crippen LogP contribution in [0.3, 0.4) is 0 Å². The highest BCUT2D eigenvalue weighted by molar-refractivity contribution is 6.00. The Labute approximate surface area is 125 Å². The third-order valence-corrected chi connectivity index (χ3v) is 3.74. The van der Waals surface area contributed by atoms with Crippen LogP contribution >= 0.6 is 0 Å². The maximum absolute atomic E-state index is 12.2. The quantitative estimate of drug-likeness (QED) is 0.834. The smallest absolute Gasteiger partial charge is 0.227 e. The number of carbonyl (C=O) groups is 2. The largest absolute Gasteiger partial charge is 0.383 e. The summed E-state index contributed by atoms with van der Waals surface area (Å²) in [4.78, 5) is 25.9. The lowest BCUT2D eigenvalue weighted by molar-refractivity contribution is -0.126. The van der Waals surface area contributed by atoms with E-state index in [4.69, 9.17) is 4.74 Å². The lowest BCUT2D eigenvalue weighted by Gasteiger charge is -2.19. The summed E-state index contributed by atoms with van der Waals surface area (Å²) in [5, 5.41) is 2.80. The van der Waals surface area contributed by atoms with Gasteiger partial charge < -0.3 is 15.0 Å². The van der Waals surface area contributed by atoms with E-state index >= 15 is 0 Å². The number of anilines is 1. The number of carbonyl (C=O) groups excluding carboxylic acids is 2. The molecule has 0 saturated carbocycles. The summed E-state index contributed by atoms with van der Waals surface area (Å²) < 4.78 is 4.90. The van der Waals surface area contributed by atoms with Gasteiger partial charge in [0.1, 0.15) is 0 Å². The van der Waals surface area contributed by atoms with Crippen LogP contribution in [-0.2, 0) is 14.3 Å². The first-order chi connectivity index (χ1) is 10.0. The molecule has 1 atom stereocenters. The number of methoxy groups -OCH3 is 1. The average Bonchev–Trinajstić information content (AvgIpc) is 2.81. The van der Waals surface area contributed by atoms with Gasteiger partial charge in [-0.25, -0.2) is 0 Å². The van der Waals surface area contributed by atoms with Crippen LogP contribution in [0.1, 0.15) is 17.5 Å². The highest BCUT2D eigenvalue weighted by atomic mass is 16.5. The summed E-state index contributed by atoms with van der Waals surface area (Å²) in [6, 6.07) is 5.99. The number of nitrogens with one attached hydrogen (secondary N) is 1. The van der Waals surface area contributed by atoms with Crippen molar-refractivity contribution in [2.75, 3.05) is 31.7 Å². The summed E-state index contributed by atoms with van der Waals surface area (Å²) >= 11 is 0. The van der Waals surface area contributed by atoms with Gasteiger partial charge in [-0.05, 0) is 25.5 Å². The number of hydrogen-bond acceptors (Lipinski definition) is 3. The molecule has 0 aromatic heterocycles. The molecule has 21 heavy (non-hydrogen) atoms. The van der Waals surface area contributed by atoms with Crippen molar-refractivity contribution >= 4 is 17.5 Å². The Bertz CT molecular complexity index is 542. The Kier molecular flexibility index (Phi) is 4.96. The van der Waals surface area contributed by atoms with Gasteiger partial charge in [-0.3, -0.25) is 9.59 Å². The van der Waals surface area contributed by atoms with Gasteiger partial charge in [0.2, 0.25) is 11.8 Å². The van der Waals surface area contributed by atoms with Crippen molar-refractivity contribution in [3.8, 4) is 0 Å². The van der Waals surface area contributed by atoms with E-state index in [-0.39, 0.29) is 24.2 Å². The van der Waals surface area contributed by atoms with Crippen molar-refractivity contribution in [2.45, 2.75) is 20.3 Å². The van der Waals surface area contributed by atoms with Crippen LogP contribution in [-0.4, -0.2) is 38.6 Å². The minimum atomic E-state index is -0.282. The van der Waals surface area contributed by atoms with Gasteiger partial charge in [-0.15, -0.1) is 0 Å². The Morgan fingerprint density at radius 1 is 1.43 bits per heavy atom. The number of amides is 2. The maximum atomic E-state index is 12.2. The van der Waals surface area contributed by atoms with Gasteiger partial charge in [-0.1, -0.05) is 17.7 Å². The third-order valence-electron chi connectivity index (χ3n) is 3.74. The summed E-state index contributed by atoms with van der Waals surface area (Å²) in [6.07, 6.45) is 0.270. The Morgan fingerprint density at radius 3 is 2.86 bits per heavy atom. The molecule has 1 aliphatic rings. The minimum Gasteiger partial charge on any atom is -0.383 e. The fourth-order valence-corrected chi connectivity index (χ4v) is 2.64. The van der Waals surface area contributed by atoms with E-state index in [0.29, 0.717) is 19.7 Å². The Balaban J connectivity index is 2.04. The Morgan fingerprint density at radius 2 is 2.19 bits per heavy atom. The Hall–Kier alpha value is -1.88. The molecule has 5 heteroatoms. The SMILES string of the molecule is COCCNC(=O)[C@@H]1CC(=O)N(c2ccc(C)cc2C)C1. The summed E-state index contributed by atoms with van der Waals surface area (Å²) in [7, 11) is 1.59. The van der Waals surface area contributed by atoms with Crippen molar-refractivity contribution in [2.24, 2.45) is 5.92 Å². The fourth-order valence-electron chi connectivity index (χ4n) is 2.64. The standard InChI is InChI=1S/C16H22N2O3/c1-11-4-5-14(12(2)8-11)18-10-13(9-15(18)19)16(20)17-6-7-21-3/h4-5,8,13H,6-7,9-10H2,1-3H3,(H,17,20)/t13-/m1/s1. The van der Waals surface area contributed by atoms with Crippen molar-refractivity contribution in [1.82, 2.24) is 5.32 Å². The lowest BCUT2D eigenvalue weighted by Crippen LogP contribution is -2.34. The molecule has 0 unspecified atom stereocenters. The van der Waals surface area contributed by atoms with Crippen molar-refractivity contribution in [3.63, 3.8) is 0 Å². The molecule has 0 bridgehead atoms. The molecule has 1 aromatic carbocycles. The number of rotatable bonds is 5. The van der Waals surface area contributed by atoms with Crippen molar-refractivity contribution in [1.29, 1.82) is 0 Å². The van der Waals surface area contributed by atoms with Crippen LogP contribution in [0, 0.1) is 19.8 Å². The van der Waals surface area contributed by atoms with Gasteiger partial charge in [0.05, 0.1) is 12.5 Å². The second kappa shape index (κ2) is 6.72. The molecule has 1 heterocycles. The zero-order chi connectivity index (χ0) is 15.4. The molecule has 1 fully saturated rings. The molecule has 5 nitrogen and oxygen atoms in total. The summed E-state index contributed by atoms with van der Waals surface area (Å²) in [5.74, 6) is -0.350. The van der Waals surface area contributed by atoms with Gasteiger partial charge in [0, 0.05) is 32.3 Å². The van der Waals surface area contributed by atoms with E-state index < -0.39 is 0 Å². The molecule has 0 radical (unpaired) electrons. The van der Waals surface area contributed by atoms with Crippen LogP contribution in [0.2, 0.25) is 0 Å². The van der Waals surface area contributed by atoms with Crippen LogP contribution in [0.5, 0.6) is 0 Å². The zero-order valence-electron chi connectivity index (χ0n) is 12.8. The summed E-state index contributed by atoms with van der Waals surface area (Å²) in [5.41, 5.74) is 3.12. The number of ether oxygens (including phenoxy) is 1. The number of nitrogens with zero attached hydrogens (tertiary/aromatic N) is 1. The van der Waals surface area contributed by atoms with Crippen LogP contribution in [0.15, 0.2) is 18.2 Å². The minimum absolute atomic E-state index is 0.00819. The van der Waals surface area contributed by atoms with E-state index in [2.05, 4.69) is 11.4 Å². The molecule has 0 aliphatic carbocycles. The molecule has 0 spiro atoms. The molecule has 2 rings (SSSR count). The normalized spacial score (nSPS) is 18.1. The van der Waals surface area contributed by atoms with Gasteiger partial charge in [0.15, 0.2) is 0 Å². The summed E-state index contributed by atoms with van der Waals surface area (Å²) in [6.45, 7) is 5.41. The molecular formula is C16H22N2O3. The van der Waals surface area contributed by atoms with Crippen LogP contribution in [0.4, 0.5) is 5.69 Å². The highest BCUT2D eigenvalue weighted by Gasteiger charge is 2.35. The molecule has 1 N–H and O–H groups in total. The monoisotopic (exact) mass is 290 g/mol. The average molecular weight is 290 g/mol. The molecule has 1 saturated heterocycles. The molecular weight excluding hydrogens is 268 g/mol. The maximum Gasteiger partial charge on any atom is 0.227 e. The first-order valence-corrected chi connectivity index (χ1v) is 7.17.